The van der Waals surface area contributed by atoms with Gasteiger partial charge in [0.1, 0.15) is 19.8 Å². The second kappa shape index (κ2) is 43.7. The number of phosphoric ester groups is 1. The number of ether oxygens (including phenoxy) is 2. The molecule has 63 heavy (non-hydrogen) atoms. The fraction of sp³-hybridized carbons (Fsp3) is 0.585. The molecule has 356 valence electrons. The number of hydrogen-bond donors (Lipinski definition) is 1. The van der Waals surface area contributed by atoms with Gasteiger partial charge >= 0.3 is 19.8 Å². The van der Waals surface area contributed by atoms with Gasteiger partial charge in [0, 0.05) is 12.8 Å². The van der Waals surface area contributed by atoms with Crippen LogP contribution >= 0.6 is 7.82 Å². The Labute approximate surface area is 384 Å². The zero-order valence-electron chi connectivity index (χ0n) is 40.0. The van der Waals surface area contributed by atoms with E-state index in [1.54, 1.807) is 0 Å². The molecule has 0 radical (unpaired) electrons. The first kappa shape index (κ1) is 59.4. The number of hydrogen-bond acceptors (Lipinski definition) is 7. The van der Waals surface area contributed by atoms with Crippen molar-refractivity contribution in [2.75, 3.05) is 47.5 Å². The summed E-state index contributed by atoms with van der Waals surface area (Å²) in [6.07, 6.45) is 61.3. The molecular weight excluding hydrogens is 810 g/mol. The van der Waals surface area contributed by atoms with Crippen molar-refractivity contribution in [1.29, 1.82) is 0 Å². The average Bonchev–Trinajstić information content (AvgIpc) is 3.24. The topological polar surface area (TPSA) is 108 Å². The molecule has 0 rings (SSSR count). The lowest BCUT2D eigenvalue weighted by atomic mass is 10.1. The summed E-state index contributed by atoms with van der Waals surface area (Å²) >= 11 is 0. The smallest absolute Gasteiger partial charge is 0.462 e. The highest BCUT2D eigenvalue weighted by molar-refractivity contribution is 7.47. The highest BCUT2D eigenvalue weighted by Gasteiger charge is 2.27. The van der Waals surface area contributed by atoms with Crippen LogP contribution in [0.3, 0.4) is 0 Å². The summed E-state index contributed by atoms with van der Waals surface area (Å²) < 4.78 is 34.2. The minimum Gasteiger partial charge on any atom is -0.462 e. The first-order chi connectivity index (χ1) is 30.5. The number of allylic oxidation sites excluding steroid dienone is 20. The van der Waals surface area contributed by atoms with Crippen molar-refractivity contribution in [3.63, 3.8) is 0 Å². The third kappa shape index (κ3) is 47.7. The number of carbonyl (C=O) groups excluding carboxylic acids is 2. The van der Waals surface area contributed by atoms with Crippen LogP contribution in [0.25, 0.3) is 0 Å². The number of rotatable bonds is 41. The van der Waals surface area contributed by atoms with Crippen LogP contribution in [0.1, 0.15) is 149 Å². The van der Waals surface area contributed by atoms with E-state index in [0.29, 0.717) is 30.3 Å². The van der Waals surface area contributed by atoms with Gasteiger partial charge in [-0.25, -0.2) is 4.57 Å². The molecule has 0 saturated carbocycles. The van der Waals surface area contributed by atoms with E-state index >= 15 is 0 Å². The molecule has 0 spiro atoms. The average molecular weight is 897 g/mol. The van der Waals surface area contributed by atoms with Crippen LogP contribution < -0.4 is 0 Å². The van der Waals surface area contributed by atoms with Gasteiger partial charge in [-0.15, -0.1) is 0 Å². The molecule has 0 aliphatic carbocycles. The van der Waals surface area contributed by atoms with Gasteiger partial charge in [-0.3, -0.25) is 18.6 Å². The molecule has 0 aromatic heterocycles. The predicted octanol–water partition coefficient (Wildman–Crippen LogP) is 14.1. The first-order valence-electron chi connectivity index (χ1n) is 23.8. The Kier molecular flexibility index (Phi) is 41.2. The minimum absolute atomic E-state index is 0.0123. The largest absolute Gasteiger partial charge is 0.472 e. The van der Waals surface area contributed by atoms with Crippen LogP contribution in [0.5, 0.6) is 0 Å². The summed E-state index contributed by atoms with van der Waals surface area (Å²) in [6, 6.07) is 0. The van der Waals surface area contributed by atoms with Gasteiger partial charge in [-0.2, -0.15) is 0 Å². The van der Waals surface area contributed by atoms with E-state index in [1.165, 1.54) is 6.42 Å². The Morgan fingerprint density at radius 1 is 0.508 bits per heavy atom. The number of carbonyl (C=O) groups is 2. The Morgan fingerprint density at radius 2 is 0.921 bits per heavy atom. The lowest BCUT2D eigenvalue weighted by Gasteiger charge is -2.24. The lowest BCUT2D eigenvalue weighted by Crippen LogP contribution is -2.37. The Balaban J connectivity index is 4.38. The fourth-order valence-electron chi connectivity index (χ4n) is 5.54. The standard InChI is InChI=1S/C53H86NO8P/c1-6-8-10-12-14-16-18-19-20-21-22-23-24-25-26-27-28-29-30-31-32-33-34-35-36-38-40-42-44-46-53(56)62-51(50-61-63(57,58)60-48-47-54(3,4)5)49-59-52(55)45-43-41-39-37-17-15-13-11-9-7-2/h8,10-11,13-14,16,19-20,22-23,25-26,28-29,31-32,34-35,38,40,51H,6-7,9,12,15,17-18,21,24,27,30,33,36-37,39,41-50H2,1-5H3/p+1/b10-8-,13-11-,16-14-,20-19-,23-22-,26-25-,29-28-,32-31-,35-34-,40-38-. The first-order valence-corrected chi connectivity index (χ1v) is 25.3. The van der Waals surface area contributed by atoms with E-state index in [4.69, 9.17) is 18.5 Å². The van der Waals surface area contributed by atoms with E-state index in [9.17, 15) is 19.0 Å². The molecule has 0 aromatic rings. The van der Waals surface area contributed by atoms with Gasteiger partial charge in [0.2, 0.25) is 0 Å². The molecular formula is C53H87NO8P+. The number of unbranched alkanes of at least 4 members (excludes halogenated alkanes) is 7. The summed E-state index contributed by atoms with van der Waals surface area (Å²) in [6.45, 7) is 4.13. The van der Waals surface area contributed by atoms with E-state index in [1.807, 2.05) is 27.2 Å². The van der Waals surface area contributed by atoms with Crippen molar-refractivity contribution < 1.29 is 42.1 Å². The molecule has 0 heterocycles. The van der Waals surface area contributed by atoms with Crippen molar-refractivity contribution >= 4 is 19.8 Å². The molecule has 1 N–H and O–H groups in total. The molecule has 2 unspecified atom stereocenters. The van der Waals surface area contributed by atoms with Crippen molar-refractivity contribution in [3.8, 4) is 0 Å². The maximum atomic E-state index is 12.7. The summed E-state index contributed by atoms with van der Waals surface area (Å²) in [4.78, 5) is 35.3. The molecule has 9 nitrogen and oxygen atoms in total. The van der Waals surface area contributed by atoms with E-state index in [-0.39, 0.29) is 26.1 Å². The maximum Gasteiger partial charge on any atom is 0.472 e. The second-order valence-electron chi connectivity index (χ2n) is 16.4. The van der Waals surface area contributed by atoms with Crippen LogP contribution in [0.4, 0.5) is 0 Å². The monoisotopic (exact) mass is 897 g/mol. The number of quaternary nitrogens is 1. The number of phosphoric acid groups is 1. The van der Waals surface area contributed by atoms with Crippen molar-refractivity contribution in [2.24, 2.45) is 0 Å². The van der Waals surface area contributed by atoms with Crippen molar-refractivity contribution in [1.82, 2.24) is 0 Å². The molecule has 0 bridgehead atoms. The Hall–Kier alpha value is -3.59. The van der Waals surface area contributed by atoms with Crippen LogP contribution in [-0.4, -0.2) is 74.9 Å². The zero-order valence-corrected chi connectivity index (χ0v) is 40.9. The van der Waals surface area contributed by atoms with Gasteiger partial charge in [0.15, 0.2) is 6.10 Å². The lowest BCUT2D eigenvalue weighted by molar-refractivity contribution is -0.870. The number of esters is 2. The van der Waals surface area contributed by atoms with Crippen LogP contribution in [0.2, 0.25) is 0 Å². The zero-order chi connectivity index (χ0) is 46.4. The summed E-state index contributed by atoms with van der Waals surface area (Å²) in [5.74, 6) is -0.895. The molecule has 2 atom stereocenters. The normalized spacial score (nSPS) is 14.6. The highest BCUT2D eigenvalue weighted by Crippen LogP contribution is 2.43. The maximum absolute atomic E-state index is 12.7. The molecule has 10 heteroatoms. The third-order valence-corrected chi connectivity index (χ3v) is 10.2. The number of nitrogens with zero attached hydrogens (tertiary/aromatic N) is 1. The van der Waals surface area contributed by atoms with Gasteiger partial charge in [-0.1, -0.05) is 161 Å². The van der Waals surface area contributed by atoms with Crippen molar-refractivity contribution in [2.45, 2.75) is 155 Å². The molecule has 0 saturated heterocycles. The molecule has 0 aliphatic rings. The molecule has 0 aliphatic heterocycles. The highest BCUT2D eigenvalue weighted by atomic mass is 31.2. The molecule has 0 aromatic carbocycles. The van der Waals surface area contributed by atoms with Crippen LogP contribution in [0.15, 0.2) is 122 Å². The summed E-state index contributed by atoms with van der Waals surface area (Å²) in [5, 5.41) is 0. The van der Waals surface area contributed by atoms with Crippen molar-refractivity contribution in [3.05, 3.63) is 122 Å². The second-order valence-corrected chi connectivity index (χ2v) is 17.9. The SMILES string of the molecule is CC/C=C\C/C=C\C/C=C\C/C=C\C/C=C\C/C=C\C/C=C\C/C=C\C/C=C\CCCC(=O)OC(COC(=O)CCCCCCC/C=C\CCC)COP(=O)(O)OCC[N+](C)(C)C. The van der Waals surface area contributed by atoms with Gasteiger partial charge in [-0.05, 0) is 96.3 Å². The molecule has 0 fully saturated rings. The third-order valence-electron chi connectivity index (χ3n) is 9.21. The predicted molar refractivity (Wildman–Crippen MR) is 265 cm³/mol. The summed E-state index contributed by atoms with van der Waals surface area (Å²) in [5.41, 5.74) is 0. The van der Waals surface area contributed by atoms with Crippen LogP contribution in [-0.2, 0) is 32.7 Å². The summed E-state index contributed by atoms with van der Waals surface area (Å²) in [7, 11) is 1.41. The van der Waals surface area contributed by atoms with E-state index < -0.39 is 32.5 Å². The van der Waals surface area contributed by atoms with Gasteiger partial charge in [0.25, 0.3) is 0 Å². The van der Waals surface area contributed by atoms with Gasteiger partial charge < -0.3 is 18.9 Å². The Morgan fingerprint density at radius 3 is 1.41 bits per heavy atom. The minimum atomic E-state index is -4.40. The number of likely N-dealkylation sites (N-methyl/N-ethyl adjacent to an activating group) is 1. The quantitative estimate of drug-likeness (QED) is 0.0213. The Bertz CT molecular complexity index is 1480. The van der Waals surface area contributed by atoms with Gasteiger partial charge in [0.05, 0.1) is 27.7 Å². The van der Waals surface area contributed by atoms with E-state index in [0.717, 1.165) is 96.3 Å². The van der Waals surface area contributed by atoms with E-state index in [2.05, 4.69) is 129 Å². The van der Waals surface area contributed by atoms with Crippen LogP contribution in [0, 0.1) is 0 Å². The molecule has 0 amide bonds. The fourth-order valence-corrected chi connectivity index (χ4v) is 6.29.